The molecule has 1 aliphatic heterocycles. The lowest BCUT2D eigenvalue weighted by atomic mass is 10.1. The zero-order chi connectivity index (χ0) is 16.1. The topological polar surface area (TPSA) is 42.5 Å². The molecule has 2 N–H and O–H groups in total. The predicted molar refractivity (Wildman–Crippen MR) is 96.3 cm³/mol. The van der Waals surface area contributed by atoms with Gasteiger partial charge in [0.2, 0.25) is 0 Å². The van der Waals surface area contributed by atoms with E-state index in [2.05, 4.69) is 29.7 Å². The predicted octanol–water partition coefficient (Wildman–Crippen LogP) is 3.90. The summed E-state index contributed by atoms with van der Waals surface area (Å²) in [7, 11) is 0. The highest BCUT2D eigenvalue weighted by atomic mass is 32.1. The maximum absolute atomic E-state index is 5.59. The number of thiocarbonyl (C=S) groups is 1. The fourth-order valence-corrected chi connectivity index (χ4v) is 2.81. The third kappa shape index (κ3) is 3.93. The molecule has 3 rings (SSSR count). The largest absolute Gasteiger partial charge is 0.486 e. The third-order valence-corrected chi connectivity index (χ3v) is 3.94. The Morgan fingerprint density at radius 3 is 2.57 bits per heavy atom. The molecule has 0 saturated heterocycles. The van der Waals surface area contributed by atoms with Crippen LogP contribution in [0, 0.1) is 0 Å². The molecule has 2 aromatic rings. The first kappa shape index (κ1) is 15.6. The highest BCUT2D eigenvalue weighted by Gasteiger charge is 2.13. The maximum atomic E-state index is 5.59. The standard InChI is InChI=1S/C18H20N2O2S/c1-2-15(13-6-4-3-5-7-13)20-18(23)19-14-8-9-16-17(12-14)22-11-10-21-16/h3-9,12,15H,2,10-11H2,1H3,(H2,19,20,23). The zero-order valence-corrected chi connectivity index (χ0v) is 13.9. The Morgan fingerprint density at radius 1 is 1.09 bits per heavy atom. The van der Waals surface area contributed by atoms with Crippen molar-refractivity contribution in [3.63, 3.8) is 0 Å². The molecular weight excluding hydrogens is 308 g/mol. The molecule has 1 aliphatic rings. The van der Waals surface area contributed by atoms with E-state index in [0.717, 1.165) is 23.6 Å². The highest BCUT2D eigenvalue weighted by Crippen LogP contribution is 2.32. The van der Waals surface area contributed by atoms with E-state index in [9.17, 15) is 0 Å². The molecule has 0 fully saturated rings. The van der Waals surface area contributed by atoms with Crippen LogP contribution in [0.3, 0.4) is 0 Å². The van der Waals surface area contributed by atoms with Gasteiger partial charge in [0.1, 0.15) is 13.2 Å². The Kier molecular flexibility index (Phi) is 4.98. The maximum Gasteiger partial charge on any atom is 0.171 e. The number of hydrogen-bond acceptors (Lipinski definition) is 3. The van der Waals surface area contributed by atoms with E-state index in [0.29, 0.717) is 18.3 Å². The molecule has 23 heavy (non-hydrogen) atoms. The van der Waals surface area contributed by atoms with E-state index < -0.39 is 0 Å². The fourth-order valence-electron chi connectivity index (χ4n) is 2.55. The first-order valence-corrected chi connectivity index (χ1v) is 8.19. The lowest BCUT2D eigenvalue weighted by Crippen LogP contribution is -2.32. The van der Waals surface area contributed by atoms with Gasteiger partial charge in [0.25, 0.3) is 0 Å². The first-order chi connectivity index (χ1) is 11.3. The van der Waals surface area contributed by atoms with Gasteiger partial charge in [-0.25, -0.2) is 0 Å². The SMILES string of the molecule is CCC(NC(=S)Nc1ccc2c(c1)OCCO2)c1ccccc1. The summed E-state index contributed by atoms with van der Waals surface area (Å²) >= 11 is 5.44. The number of benzene rings is 2. The van der Waals surface area contributed by atoms with Gasteiger partial charge in [0.15, 0.2) is 16.6 Å². The molecule has 4 nitrogen and oxygen atoms in total. The smallest absolute Gasteiger partial charge is 0.171 e. The van der Waals surface area contributed by atoms with Crippen molar-refractivity contribution in [1.82, 2.24) is 5.32 Å². The van der Waals surface area contributed by atoms with Gasteiger partial charge in [0.05, 0.1) is 6.04 Å². The van der Waals surface area contributed by atoms with E-state index >= 15 is 0 Å². The van der Waals surface area contributed by atoms with Gasteiger partial charge >= 0.3 is 0 Å². The van der Waals surface area contributed by atoms with Crippen LogP contribution < -0.4 is 20.1 Å². The van der Waals surface area contributed by atoms with Crippen molar-refractivity contribution in [2.24, 2.45) is 0 Å². The van der Waals surface area contributed by atoms with Crippen LogP contribution in [0.5, 0.6) is 11.5 Å². The van der Waals surface area contributed by atoms with Crippen molar-refractivity contribution in [3.8, 4) is 11.5 Å². The molecule has 120 valence electrons. The average Bonchev–Trinajstić information content (AvgIpc) is 2.60. The van der Waals surface area contributed by atoms with Gasteiger partial charge in [-0.05, 0) is 36.3 Å². The molecule has 1 unspecified atom stereocenters. The van der Waals surface area contributed by atoms with Crippen LogP contribution in [0.4, 0.5) is 5.69 Å². The van der Waals surface area contributed by atoms with Crippen LogP contribution >= 0.6 is 12.2 Å². The number of fused-ring (bicyclic) bond motifs is 1. The molecule has 0 saturated carbocycles. The average molecular weight is 328 g/mol. The van der Waals surface area contributed by atoms with Gasteiger partial charge in [0, 0.05) is 11.8 Å². The van der Waals surface area contributed by atoms with Crippen LogP contribution in [0.15, 0.2) is 48.5 Å². The molecule has 5 heteroatoms. The minimum atomic E-state index is 0.188. The number of nitrogens with one attached hydrogen (secondary N) is 2. The van der Waals surface area contributed by atoms with Crippen LogP contribution in [0.25, 0.3) is 0 Å². The van der Waals surface area contributed by atoms with Gasteiger partial charge < -0.3 is 20.1 Å². The number of rotatable bonds is 4. The van der Waals surface area contributed by atoms with Crippen molar-refractivity contribution < 1.29 is 9.47 Å². The Labute approximate surface area is 141 Å². The van der Waals surface area contributed by atoms with Gasteiger partial charge in [-0.1, -0.05) is 37.3 Å². The summed E-state index contributed by atoms with van der Waals surface area (Å²) in [6.45, 7) is 3.30. The van der Waals surface area contributed by atoms with Crippen LogP contribution in [-0.2, 0) is 0 Å². The Balaban J connectivity index is 1.64. The van der Waals surface area contributed by atoms with E-state index in [1.165, 1.54) is 5.56 Å². The summed E-state index contributed by atoms with van der Waals surface area (Å²) in [5, 5.41) is 7.17. The molecular formula is C18H20N2O2S. The fraction of sp³-hybridized carbons (Fsp3) is 0.278. The zero-order valence-electron chi connectivity index (χ0n) is 13.0. The molecule has 0 aliphatic carbocycles. The second-order valence-corrected chi connectivity index (χ2v) is 5.74. The summed E-state index contributed by atoms with van der Waals surface area (Å²) in [5.74, 6) is 1.52. The summed E-state index contributed by atoms with van der Waals surface area (Å²) in [6.07, 6.45) is 0.951. The quantitative estimate of drug-likeness (QED) is 0.833. The van der Waals surface area contributed by atoms with Gasteiger partial charge in [-0.15, -0.1) is 0 Å². The van der Waals surface area contributed by atoms with E-state index in [4.69, 9.17) is 21.7 Å². The normalized spacial score (nSPS) is 14.0. The molecule has 0 aromatic heterocycles. The number of anilines is 1. The summed E-state index contributed by atoms with van der Waals surface area (Å²) in [5.41, 5.74) is 2.11. The van der Waals surface area contributed by atoms with Gasteiger partial charge in [-0.3, -0.25) is 0 Å². The third-order valence-electron chi connectivity index (χ3n) is 3.72. The van der Waals surface area contributed by atoms with Crippen molar-refractivity contribution in [1.29, 1.82) is 0 Å². The Morgan fingerprint density at radius 2 is 1.83 bits per heavy atom. The number of hydrogen-bond donors (Lipinski definition) is 2. The van der Waals surface area contributed by atoms with E-state index in [-0.39, 0.29) is 6.04 Å². The van der Waals surface area contributed by atoms with Crippen molar-refractivity contribution in [2.45, 2.75) is 19.4 Å². The minimum absolute atomic E-state index is 0.188. The Hall–Kier alpha value is -2.27. The second-order valence-electron chi connectivity index (χ2n) is 5.33. The molecule has 0 spiro atoms. The lowest BCUT2D eigenvalue weighted by Gasteiger charge is -2.21. The number of ether oxygens (including phenoxy) is 2. The van der Waals surface area contributed by atoms with Crippen molar-refractivity contribution in [2.75, 3.05) is 18.5 Å². The molecule has 1 heterocycles. The van der Waals surface area contributed by atoms with E-state index in [1.54, 1.807) is 0 Å². The molecule has 0 amide bonds. The van der Waals surface area contributed by atoms with E-state index in [1.807, 2.05) is 36.4 Å². The molecule has 0 bridgehead atoms. The molecule has 1 atom stereocenters. The highest BCUT2D eigenvalue weighted by molar-refractivity contribution is 7.80. The second kappa shape index (κ2) is 7.33. The minimum Gasteiger partial charge on any atom is -0.486 e. The van der Waals surface area contributed by atoms with Crippen LogP contribution in [0.1, 0.15) is 24.9 Å². The molecule has 0 radical (unpaired) electrons. The monoisotopic (exact) mass is 328 g/mol. The lowest BCUT2D eigenvalue weighted by molar-refractivity contribution is 0.171. The van der Waals surface area contributed by atoms with Gasteiger partial charge in [-0.2, -0.15) is 0 Å². The summed E-state index contributed by atoms with van der Waals surface area (Å²) in [4.78, 5) is 0. The first-order valence-electron chi connectivity index (χ1n) is 7.78. The summed E-state index contributed by atoms with van der Waals surface area (Å²) in [6, 6.07) is 16.2. The molecule has 2 aromatic carbocycles. The van der Waals surface area contributed by atoms with Crippen LogP contribution in [0.2, 0.25) is 0 Å². The summed E-state index contributed by atoms with van der Waals surface area (Å²) < 4.78 is 11.1. The Bertz CT molecular complexity index is 676. The van der Waals surface area contributed by atoms with Crippen LogP contribution in [-0.4, -0.2) is 18.3 Å². The van der Waals surface area contributed by atoms with Crippen molar-refractivity contribution >= 4 is 23.0 Å². The van der Waals surface area contributed by atoms with Crippen molar-refractivity contribution in [3.05, 3.63) is 54.1 Å².